The predicted molar refractivity (Wildman–Crippen MR) is 96.5 cm³/mol. The van der Waals surface area contributed by atoms with Gasteiger partial charge in [0, 0.05) is 17.2 Å². The van der Waals surface area contributed by atoms with Crippen LogP contribution in [0.1, 0.15) is 44.6 Å². The number of aromatic nitrogens is 3. The molecule has 4 rings (SSSR count). The Morgan fingerprint density at radius 3 is 2.38 bits per heavy atom. The van der Waals surface area contributed by atoms with Crippen LogP contribution in [0.25, 0.3) is 11.0 Å². The van der Waals surface area contributed by atoms with Crippen molar-refractivity contribution in [1.29, 1.82) is 0 Å². The zero-order chi connectivity index (χ0) is 16.9. The fraction of sp³-hybridized carbons (Fsp3) is 0.300. The van der Waals surface area contributed by atoms with Crippen molar-refractivity contribution in [3.63, 3.8) is 0 Å². The molecule has 2 aromatic heterocycles. The minimum Gasteiger partial charge on any atom is -0.275 e. The standard InChI is InChI=1S/C20H20N4/c1-19(2)18-13(8-7-11-21-18)17(24-20(19,3)4)16-12-22-14-9-5-6-10-15(14)23-16/h5-12H,1-4H3. The van der Waals surface area contributed by atoms with Gasteiger partial charge in [-0.2, -0.15) is 0 Å². The Hall–Kier alpha value is -2.62. The molecule has 1 aliphatic rings. The van der Waals surface area contributed by atoms with Gasteiger partial charge in [-0.05, 0) is 38.1 Å². The summed E-state index contributed by atoms with van der Waals surface area (Å²) < 4.78 is 0. The molecule has 0 saturated heterocycles. The highest BCUT2D eigenvalue weighted by molar-refractivity contribution is 6.13. The number of aliphatic imine (C=N–C) groups is 1. The second-order valence-electron chi connectivity index (χ2n) is 7.29. The van der Waals surface area contributed by atoms with Crippen molar-refractivity contribution in [2.75, 3.05) is 0 Å². The van der Waals surface area contributed by atoms with Gasteiger partial charge in [0.15, 0.2) is 0 Å². The molecule has 120 valence electrons. The summed E-state index contributed by atoms with van der Waals surface area (Å²) in [7, 11) is 0. The van der Waals surface area contributed by atoms with Gasteiger partial charge in [-0.3, -0.25) is 15.0 Å². The molecule has 0 unspecified atom stereocenters. The van der Waals surface area contributed by atoms with Crippen LogP contribution in [0.4, 0.5) is 0 Å². The van der Waals surface area contributed by atoms with Crippen LogP contribution in [0.15, 0.2) is 53.8 Å². The molecule has 0 amide bonds. The van der Waals surface area contributed by atoms with E-state index < -0.39 is 0 Å². The average molecular weight is 316 g/mol. The molecule has 0 atom stereocenters. The van der Waals surface area contributed by atoms with Gasteiger partial charge >= 0.3 is 0 Å². The van der Waals surface area contributed by atoms with Gasteiger partial charge in [0.1, 0.15) is 5.69 Å². The number of rotatable bonds is 1. The second kappa shape index (κ2) is 4.94. The van der Waals surface area contributed by atoms with Crippen LogP contribution in [0.2, 0.25) is 0 Å². The van der Waals surface area contributed by atoms with Crippen LogP contribution in [0.3, 0.4) is 0 Å². The van der Waals surface area contributed by atoms with E-state index in [1.165, 1.54) is 0 Å². The first-order valence-corrected chi connectivity index (χ1v) is 8.18. The molecular formula is C20H20N4. The molecule has 0 fully saturated rings. The topological polar surface area (TPSA) is 51.0 Å². The number of hydrogen-bond acceptors (Lipinski definition) is 4. The molecule has 1 aromatic carbocycles. The highest BCUT2D eigenvalue weighted by Crippen LogP contribution is 2.42. The molecular weight excluding hydrogens is 296 g/mol. The molecule has 0 saturated carbocycles. The van der Waals surface area contributed by atoms with Crippen molar-refractivity contribution in [3.05, 3.63) is 65.7 Å². The van der Waals surface area contributed by atoms with E-state index in [4.69, 9.17) is 9.98 Å². The van der Waals surface area contributed by atoms with E-state index in [0.717, 1.165) is 33.7 Å². The van der Waals surface area contributed by atoms with Gasteiger partial charge in [-0.25, -0.2) is 4.98 Å². The molecule has 0 N–H and O–H groups in total. The van der Waals surface area contributed by atoms with Crippen LogP contribution >= 0.6 is 0 Å². The molecule has 1 aliphatic heterocycles. The molecule has 3 aromatic rings. The van der Waals surface area contributed by atoms with Gasteiger partial charge in [-0.1, -0.05) is 26.0 Å². The first kappa shape index (κ1) is 14.9. The summed E-state index contributed by atoms with van der Waals surface area (Å²) in [5.41, 5.74) is 5.12. The van der Waals surface area contributed by atoms with Crippen LogP contribution < -0.4 is 0 Å². The van der Waals surface area contributed by atoms with Crippen molar-refractivity contribution in [1.82, 2.24) is 15.0 Å². The van der Waals surface area contributed by atoms with Gasteiger partial charge in [-0.15, -0.1) is 0 Å². The maximum absolute atomic E-state index is 5.06. The maximum Gasteiger partial charge on any atom is 0.108 e. The van der Waals surface area contributed by atoms with E-state index in [0.29, 0.717) is 0 Å². The van der Waals surface area contributed by atoms with Gasteiger partial charge in [0.05, 0.1) is 34.2 Å². The summed E-state index contributed by atoms with van der Waals surface area (Å²) in [5.74, 6) is 0. The first-order chi connectivity index (χ1) is 11.4. The Morgan fingerprint density at radius 2 is 1.58 bits per heavy atom. The van der Waals surface area contributed by atoms with Crippen molar-refractivity contribution < 1.29 is 0 Å². The molecule has 4 nitrogen and oxygen atoms in total. The minimum atomic E-state index is -0.281. The number of para-hydroxylation sites is 2. The normalized spacial score (nSPS) is 18.1. The third kappa shape index (κ3) is 2.06. The van der Waals surface area contributed by atoms with Crippen molar-refractivity contribution >= 4 is 16.7 Å². The zero-order valence-corrected chi connectivity index (χ0v) is 14.4. The minimum absolute atomic E-state index is 0.155. The van der Waals surface area contributed by atoms with Crippen LogP contribution in [0, 0.1) is 0 Å². The van der Waals surface area contributed by atoms with Gasteiger partial charge in [0.25, 0.3) is 0 Å². The van der Waals surface area contributed by atoms with Crippen LogP contribution in [0.5, 0.6) is 0 Å². The predicted octanol–water partition coefficient (Wildman–Crippen LogP) is 3.93. The zero-order valence-electron chi connectivity index (χ0n) is 14.4. The van der Waals surface area contributed by atoms with Gasteiger partial charge < -0.3 is 0 Å². The van der Waals surface area contributed by atoms with E-state index in [2.05, 4.69) is 43.7 Å². The second-order valence-corrected chi connectivity index (χ2v) is 7.29. The van der Waals surface area contributed by atoms with E-state index in [1.807, 2.05) is 42.7 Å². The summed E-state index contributed by atoms with van der Waals surface area (Å²) in [6.07, 6.45) is 3.66. The molecule has 24 heavy (non-hydrogen) atoms. The fourth-order valence-corrected chi connectivity index (χ4v) is 3.13. The third-order valence-corrected chi connectivity index (χ3v) is 5.27. The number of pyridine rings is 1. The Bertz CT molecular complexity index is 970. The van der Waals surface area contributed by atoms with E-state index in [-0.39, 0.29) is 11.0 Å². The largest absolute Gasteiger partial charge is 0.275 e. The number of nitrogens with zero attached hydrogens (tertiary/aromatic N) is 4. The quantitative estimate of drug-likeness (QED) is 0.683. The van der Waals surface area contributed by atoms with Crippen LogP contribution in [-0.2, 0) is 5.41 Å². The highest BCUT2D eigenvalue weighted by Gasteiger charge is 2.45. The third-order valence-electron chi connectivity index (χ3n) is 5.27. The van der Waals surface area contributed by atoms with E-state index in [1.54, 1.807) is 0 Å². The molecule has 0 aliphatic carbocycles. The average Bonchev–Trinajstić information content (AvgIpc) is 2.58. The monoisotopic (exact) mass is 316 g/mol. The van der Waals surface area contributed by atoms with Crippen molar-refractivity contribution in [3.8, 4) is 0 Å². The Kier molecular flexibility index (Phi) is 3.07. The fourth-order valence-electron chi connectivity index (χ4n) is 3.13. The first-order valence-electron chi connectivity index (χ1n) is 8.18. The van der Waals surface area contributed by atoms with Crippen LogP contribution in [-0.4, -0.2) is 26.2 Å². The smallest absolute Gasteiger partial charge is 0.108 e. The number of benzene rings is 1. The summed E-state index contributed by atoms with van der Waals surface area (Å²) in [6, 6.07) is 11.9. The molecule has 0 radical (unpaired) electrons. The Labute approximate surface area is 141 Å². The Balaban J connectivity index is 1.98. The maximum atomic E-state index is 5.06. The van der Waals surface area contributed by atoms with E-state index in [9.17, 15) is 0 Å². The molecule has 3 heterocycles. The SMILES string of the molecule is CC1(C)N=C(c2cnc3ccccc3n2)c2cccnc2C1(C)C. The summed E-state index contributed by atoms with van der Waals surface area (Å²) in [6.45, 7) is 8.70. The number of hydrogen-bond donors (Lipinski definition) is 0. The van der Waals surface area contributed by atoms with Gasteiger partial charge in [0.2, 0.25) is 0 Å². The molecule has 0 bridgehead atoms. The Morgan fingerprint density at radius 1 is 0.833 bits per heavy atom. The van der Waals surface area contributed by atoms with E-state index >= 15 is 0 Å². The lowest BCUT2D eigenvalue weighted by molar-refractivity contribution is 0.296. The molecule has 4 heteroatoms. The van der Waals surface area contributed by atoms with Crippen molar-refractivity contribution in [2.24, 2.45) is 4.99 Å². The summed E-state index contributed by atoms with van der Waals surface area (Å²) in [4.78, 5) is 19.1. The summed E-state index contributed by atoms with van der Waals surface area (Å²) >= 11 is 0. The summed E-state index contributed by atoms with van der Waals surface area (Å²) in [5, 5.41) is 0. The lowest BCUT2D eigenvalue weighted by atomic mass is 9.68. The molecule has 0 spiro atoms. The lowest BCUT2D eigenvalue weighted by Gasteiger charge is -2.43. The van der Waals surface area contributed by atoms with Crippen molar-refractivity contribution in [2.45, 2.75) is 38.6 Å². The number of fused-ring (bicyclic) bond motifs is 2. The highest BCUT2D eigenvalue weighted by atomic mass is 15.0. The lowest BCUT2D eigenvalue weighted by Crippen LogP contribution is -2.46.